The van der Waals surface area contributed by atoms with Crippen molar-refractivity contribution in [3.05, 3.63) is 42.5 Å². The molecule has 0 radical (unpaired) electrons. The second-order valence-electron chi connectivity index (χ2n) is 9.90. The molecule has 1 heterocycles. The van der Waals surface area contributed by atoms with E-state index in [2.05, 4.69) is 6.58 Å². The van der Waals surface area contributed by atoms with Crippen LogP contribution in [0, 0.1) is 11.8 Å². The van der Waals surface area contributed by atoms with Crippen molar-refractivity contribution in [2.24, 2.45) is 11.8 Å². The highest BCUT2D eigenvalue weighted by Crippen LogP contribution is 2.56. The molecule has 0 amide bonds. The predicted octanol–water partition coefficient (Wildman–Crippen LogP) is 0.656. The Morgan fingerprint density at radius 3 is 2.58 bits per heavy atom. The molecule has 8 nitrogen and oxygen atoms in total. The highest BCUT2D eigenvalue weighted by atomic mass is 16.7. The van der Waals surface area contributed by atoms with E-state index >= 15 is 0 Å². The standard InChI is InChI=1S/C25H36O8/c1-2-4-15-6-10-18(11-7-15)32-23-25(31)19-13-17(27)9-8-16(19)14-24(30,22(25)29)21(33-23)20(28)5-3-12-26/h2,6-7,10-11,16-17,19-23,26-31H,1,3-5,8-9,12-14H2. The van der Waals surface area contributed by atoms with Crippen LogP contribution in [-0.2, 0) is 11.2 Å². The van der Waals surface area contributed by atoms with Gasteiger partial charge in [0.05, 0.1) is 12.2 Å². The molecule has 0 spiro atoms. The minimum Gasteiger partial charge on any atom is -0.462 e. The molecule has 9 unspecified atom stereocenters. The van der Waals surface area contributed by atoms with Crippen LogP contribution in [-0.4, -0.2) is 79.2 Å². The molecule has 2 aliphatic carbocycles. The van der Waals surface area contributed by atoms with E-state index in [1.165, 1.54) is 0 Å². The van der Waals surface area contributed by atoms with E-state index in [9.17, 15) is 30.6 Å². The molecule has 8 heteroatoms. The number of aliphatic hydroxyl groups is 6. The fourth-order valence-electron chi connectivity index (χ4n) is 6.08. The van der Waals surface area contributed by atoms with Gasteiger partial charge in [-0.25, -0.2) is 0 Å². The topological polar surface area (TPSA) is 140 Å². The molecule has 33 heavy (non-hydrogen) atoms. The Hall–Kier alpha value is -1.52. The van der Waals surface area contributed by atoms with Gasteiger partial charge in [0.1, 0.15) is 23.6 Å². The third kappa shape index (κ3) is 4.34. The Bertz CT molecular complexity index is 811. The molecule has 1 aromatic rings. The largest absolute Gasteiger partial charge is 0.462 e. The number of rotatable bonds is 8. The Labute approximate surface area is 194 Å². The molecule has 4 rings (SSSR count). The van der Waals surface area contributed by atoms with Gasteiger partial charge in [-0.05, 0) is 68.6 Å². The van der Waals surface area contributed by atoms with Gasteiger partial charge in [-0.15, -0.1) is 6.58 Å². The van der Waals surface area contributed by atoms with E-state index in [1.54, 1.807) is 18.2 Å². The van der Waals surface area contributed by atoms with E-state index in [-0.39, 0.29) is 31.8 Å². The number of aliphatic hydroxyl groups excluding tert-OH is 4. The van der Waals surface area contributed by atoms with E-state index in [4.69, 9.17) is 9.47 Å². The van der Waals surface area contributed by atoms with Gasteiger partial charge in [0.25, 0.3) is 0 Å². The summed E-state index contributed by atoms with van der Waals surface area (Å²) in [4.78, 5) is 0. The molecule has 3 aliphatic rings. The monoisotopic (exact) mass is 464 g/mol. The van der Waals surface area contributed by atoms with E-state index in [1.807, 2.05) is 12.1 Å². The summed E-state index contributed by atoms with van der Waals surface area (Å²) in [5.74, 6) is -0.317. The average molecular weight is 465 g/mol. The smallest absolute Gasteiger partial charge is 0.232 e. The lowest BCUT2D eigenvalue weighted by molar-refractivity contribution is -0.397. The molecule has 2 bridgehead atoms. The maximum Gasteiger partial charge on any atom is 0.232 e. The van der Waals surface area contributed by atoms with Crippen LogP contribution in [0.5, 0.6) is 5.75 Å². The first kappa shape index (κ1) is 24.6. The Balaban J connectivity index is 1.69. The number of ether oxygens (including phenoxy) is 2. The maximum absolute atomic E-state index is 11.9. The average Bonchev–Trinajstić information content (AvgIpc) is 2.80. The van der Waals surface area contributed by atoms with E-state index in [0.717, 1.165) is 5.56 Å². The number of fused-ring (bicyclic) bond motifs is 4. The summed E-state index contributed by atoms with van der Waals surface area (Å²) < 4.78 is 12.1. The summed E-state index contributed by atoms with van der Waals surface area (Å²) in [6, 6.07) is 7.18. The SMILES string of the molecule is C=CCc1ccc(OC2OC(C(O)CCCO)C3(O)CC4CCC(O)CC4C2(O)C3O)cc1. The fraction of sp³-hybridized carbons (Fsp3) is 0.680. The first-order valence-corrected chi connectivity index (χ1v) is 11.9. The molecular weight excluding hydrogens is 428 g/mol. The third-order valence-corrected chi connectivity index (χ3v) is 7.75. The minimum absolute atomic E-state index is 0.131. The number of benzene rings is 1. The van der Waals surface area contributed by atoms with E-state index in [0.29, 0.717) is 31.4 Å². The Morgan fingerprint density at radius 2 is 1.91 bits per heavy atom. The lowest BCUT2D eigenvalue weighted by Gasteiger charge is -2.63. The molecule has 1 aromatic carbocycles. The van der Waals surface area contributed by atoms with Crippen molar-refractivity contribution in [1.82, 2.24) is 0 Å². The second-order valence-corrected chi connectivity index (χ2v) is 9.90. The molecule has 1 aliphatic heterocycles. The highest BCUT2D eigenvalue weighted by molar-refractivity contribution is 5.29. The van der Waals surface area contributed by atoms with Crippen molar-refractivity contribution < 1.29 is 40.1 Å². The van der Waals surface area contributed by atoms with Gasteiger partial charge >= 0.3 is 0 Å². The van der Waals surface area contributed by atoms with Gasteiger partial charge in [-0.3, -0.25) is 0 Å². The van der Waals surface area contributed by atoms with Crippen LogP contribution >= 0.6 is 0 Å². The Kier molecular flexibility index (Phi) is 7.17. The Morgan fingerprint density at radius 1 is 1.18 bits per heavy atom. The predicted molar refractivity (Wildman–Crippen MR) is 119 cm³/mol. The third-order valence-electron chi connectivity index (χ3n) is 7.75. The van der Waals surface area contributed by atoms with Crippen LogP contribution in [0.4, 0.5) is 0 Å². The van der Waals surface area contributed by atoms with Crippen molar-refractivity contribution in [1.29, 1.82) is 0 Å². The summed E-state index contributed by atoms with van der Waals surface area (Å²) in [5.41, 5.74) is -2.84. The van der Waals surface area contributed by atoms with Gasteiger partial charge in [0.15, 0.2) is 5.60 Å². The second kappa shape index (κ2) is 9.62. The fourth-order valence-corrected chi connectivity index (χ4v) is 6.08. The molecule has 184 valence electrons. The van der Waals surface area contributed by atoms with Crippen molar-refractivity contribution >= 4 is 0 Å². The normalized spacial score (nSPS) is 41.2. The zero-order valence-electron chi connectivity index (χ0n) is 18.8. The highest BCUT2D eigenvalue weighted by Gasteiger charge is 2.72. The van der Waals surface area contributed by atoms with Crippen molar-refractivity contribution in [2.75, 3.05) is 6.61 Å². The molecule has 2 saturated carbocycles. The maximum atomic E-state index is 11.9. The molecule has 3 fully saturated rings. The molecule has 6 N–H and O–H groups in total. The number of hydrogen-bond acceptors (Lipinski definition) is 8. The molecular formula is C25H36O8. The quantitative estimate of drug-likeness (QED) is 0.308. The van der Waals surface area contributed by atoms with Crippen molar-refractivity contribution in [2.45, 2.75) is 86.9 Å². The van der Waals surface area contributed by atoms with Gasteiger partial charge in [0, 0.05) is 12.5 Å². The summed E-state index contributed by atoms with van der Waals surface area (Å²) in [7, 11) is 0. The minimum atomic E-state index is -1.98. The number of allylic oxidation sites excluding steroid dienone is 1. The van der Waals surface area contributed by atoms with Crippen molar-refractivity contribution in [3.8, 4) is 5.75 Å². The van der Waals surface area contributed by atoms with E-state index < -0.39 is 47.8 Å². The molecule has 1 saturated heterocycles. The summed E-state index contributed by atoms with van der Waals surface area (Å²) >= 11 is 0. The lowest BCUT2D eigenvalue weighted by atomic mass is 9.53. The summed E-state index contributed by atoms with van der Waals surface area (Å²) in [6.07, 6.45) is -1.59. The lowest BCUT2D eigenvalue weighted by Crippen LogP contribution is -2.81. The van der Waals surface area contributed by atoms with Crippen molar-refractivity contribution in [3.63, 3.8) is 0 Å². The van der Waals surface area contributed by atoms with Gasteiger partial charge in [-0.1, -0.05) is 18.2 Å². The van der Waals surface area contributed by atoms with Gasteiger partial charge in [0.2, 0.25) is 6.29 Å². The molecule has 0 aromatic heterocycles. The zero-order chi connectivity index (χ0) is 23.8. The van der Waals surface area contributed by atoms with Crippen LogP contribution in [0.3, 0.4) is 0 Å². The zero-order valence-corrected chi connectivity index (χ0v) is 18.8. The van der Waals surface area contributed by atoms with Crippen LogP contribution < -0.4 is 4.74 Å². The van der Waals surface area contributed by atoms with Crippen LogP contribution in [0.25, 0.3) is 0 Å². The summed E-state index contributed by atoms with van der Waals surface area (Å²) in [6.45, 7) is 3.59. The van der Waals surface area contributed by atoms with Crippen LogP contribution in [0.1, 0.15) is 44.1 Å². The van der Waals surface area contributed by atoms with Gasteiger partial charge in [-0.2, -0.15) is 0 Å². The molecule has 9 atom stereocenters. The van der Waals surface area contributed by atoms with Crippen LogP contribution in [0.15, 0.2) is 36.9 Å². The van der Waals surface area contributed by atoms with Crippen LogP contribution in [0.2, 0.25) is 0 Å². The number of hydrogen-bond donors (Lipinski definition) is 6. The summed E-state index contributed by atoms with van der Waals surface area (Å²) in [5, 5.41) is 65.0. The first-order valence-electron chi connectivity index (χ1n) is 11.9. The van der Waals surface area contributed by atoms with Gasteiger partial charge < -0.3 is 40.1 Å². The first-order chi connectivity index (χ1) is 15.7.